The average Bonchev–Trinajstić information content (AvgIpc) is 3.12. The standard InChI is InChI=1S/C20H36N4O6/c1-10(2)9-13(17(26)23-16(11(3)4)20(29)30)22-18(27)14-7-6-8-24(14)19(28)15(21)12(5)25/h10-16,25H,6-9,21H2,1-5H3,(H,22,27)(H,23,26)(H,29,30). The lowest BCUT2D eigenvalue weighted by atomic mass is 10.00. The number of carboxylic acids is 1. The third-order valence-corrected chi connectivity index (χ3v) is 5.21. The number of carboxylic acid groups (broad SMARTS) is 1. The van der Waals surface area contributed by atoms with Crippen LogP contribution in [0.5, 0.6) is 0 Å². The van der Waals surface area contributed by atoms with Gasteiger partial charge in [0.2, 0.25) is 17.7 Å². The van der Waals surface area contributed by atoms with Crippen LogP contribution in [0.25, 0.3) is 0 Å². The van der Waals surface area contributed by atoms with Crippen molar-refractivity contribution >= 4 is 23.7 Å². The summed E-state index contributed by atoms with van der Waals surface area (Å²) in [6.45, 7) is 8.88. The topological polar surface area (TPSA) is 162 Å². The molecule has 30 heavy (non-hydrogen) atoms. The Balaban J connectivity index is 2.93. The summed E-state index contributed by atoms with van der Waals surface area (Å²) < 4.78 is 0. The second-order valence-corrected chi connectivity index (χ2v) is 8.72. The van der Waals surface area contributed by atoms with Gasteiger partial charge in [-0.05, 0) is 38.0 Å². The summed E-state index contributed by atoms with van der Waals surface area (Å²) in [5, 5.41) is 24.1. The molecule has 1 fully saturated rings. The number of amides is 3. The number of hydrogen-bond acceptors (Lipinski definition) is 6. The Kier molecular flexibility index (Phi) is 9.70. The van der Waals surface area contributed by atoms with Crippen LogP contribution in [0, 0.1) is 11.8 Å². The van der Waals surface area contributed by atoms with Gasteiger partial charge < -0.3 is 31.5 Å². The Hall–Kier alpha value is -2.20. The second kappa shape index (κ2) is 11.3. The summed E-state index contributed by atoms with van der Waals surface area (Å²) >= 11 is 0. The number of aliphatic hydroxyl groups is 1. The van der Waals surface area contributed by atoms with E-state index in [1.807, 2.05) is 13.8 Å². The van der Waals surface area contributed by atoms with E-state index >= 15 is 0 Å². The number of likely N-dealkylation sites (tertiary alicyclic amines) is 1. The third kappa shape index (κ3) is 6.94. The Morgan fingerprint density at radius 3 is 2.17 bits per heavy atom. The number of rotatable bonds is 10. The van der Waals surface area contributed by atoms with E-state index in [0.29, 0.717) is 25.8 Å². The molecule has 10 heteroatoms. The molecule has 1 rings (SSSR count). The molecule has 0 aliphatic carbocycles. The van der Waals surface area contributed by atoms with Crippen LogP contribution in [0.2, 0.25) is 0 Å². The highest BCUT2D eigenvalue weighted by molar-refractivity contribution is 5.94. The molecule has 0 aromatic heterocycles. The zero-order valence-electron chi connectivity index (χ0n) is 18.4. The van der Waals surface area contributed by atoms with Gasteiger partial charge in [0.15, 0.2) is 0 Å². The Bertz CT molecular complexity index is 637. The van der Waals surface area contributed by atoms with E-state index in [9.17, 15) is 29.4 Å². The van der Waals surface area contributed by atoms with Crippen molar-refractivity contribution in [1.82, 2.24) is 15.5 Å². The van der Waals surface area contributed by atoms with Crippen LogP contribution in [0.1, 0.15) is 53.9 Å². The van der Waals surface area contributed by atoms with E-state index in [1.54, 1.807) is 13.8 Å². The van der Waals surface area contributed by atoms with Crippen LogP contribution >= 0.6 is 0 Å². The number of aliphatic carboxylic acids is 1. The fourth-order valence-corrected chi connectivity index (χ4v) is 3.44. The monoisotopic (exact) mass is 428 g/mol. The van der Waals surface area contributed by atoms with Gasteiger partial charge in [-0.3, -0.25) is 14.4 Å². The molecule has 0 spiro atoms. The largest absolute Gasteiger partial charge is 0.480 e. The van der Waals surface area contributed by atoms with Gasteiger partial charge in [0.1, 0.15) is 24.2 Å². The normalized spacial score (nSPS) is 20.6. The van der Waals surface area contributed by atoms with Gasteiger partial charge in [-0.1, -0.05) is 27.7 Å². The summed E-state index contributed by atoms with van der Waals surface area (Å²) in [6, 6.07) is -3.92. The number of nitrogens with two attached hydrogens (primary N) is 1. The van der Waals surface area contributed by atoms with Gasteiger partial charge >= 0.3 is 5.97 Å². The molecule has 0 aromatic rings. The summed E-state index contributed by atoms with van der Waals surface area (Å²) in [7, 11) is 0. The molecule has 3 amide bonds. The number of carbonyl (C=O) groups excluding carboxylic acids is 3. The lowest BCUT2D eigenvalue weighted by Crippen LogP contribution is -2.58. The predicted molar refractivity (Wildman–Crippen MR) is 110 cm³/mol. The first-order valence-electron chi connectivity index (χ1n) is 10.4. The molecule has 1 saturated heterocycles. The first kappa shape index (κ1) is 25.8. The van der Waals surface area contributed by atoms with Crippen molar-refractivity contribution in [2.45, 2.75) is 84.2 Å². The molecule has 172 valence electrons. The van der Waals surface area contributed by atoms with Gasteiger partial charge in [-0.25, -0.2) is 4.79 Å². The molecule has 5 atom stereocenters. The maximum Gasteiger partial charge on any atom is 0.326 e. The van der Waals surface area contributed by atoms with Crippen LogP contribution < -0.4 is 16.4 Å². The highest BCUT2D eigenvalue weighted by atomic mass is 16.4. The molecule has 1 heterocycles. The van der Waals surface area contributed by atoms with Gasteiger partial charge in [0.25, 0.3) is 0 Å². The average molecular weight is 429 g/mol. The minimum Gasteiger partial charge on any atom is -0.480 e. The van der Waals surface area contributed by atoms with Crippen molar-refractivity contribution in [3.63, 3.8) is 0 Å². The number of hydrogen-bond donors (Lipinski definition) is 5. The number of nitrogens with zero attached hydrogens (tertiary/aromatic N) is 1. The molecular formula is C20H36N4O6. The molecular weight excluding hydrogens is 392 g/mol. The highest BCUT2D eigenvalue weighted by Gasteiger charge is 2.39. The second-order valence-electron chi connectivity index (χ2n) is 8.72. The molecule has 1 aliphatic rings. The maximum absolute atomic E-state index is 12.9. The van der Waals surface area contributed by atoms with Crippen molar-refractivity contribution in [3.05, 3.63) is 0 Å². The van der Waals surface area contributed by atoms with Gasteiger partial charge in [-0.15, -0.1) is 0 Å². The Labute approximate surface area is 177 Å². The zero-order chi connectivity index (χ0) is 23.2. The van der Waals surface area contributed by atoms with Crippen molar-refractivity contribution in [2.75, 3.05) is 6.54 Å². The van der Waals surface area contributed by atoms with Crippen molar-refractivity contribution in [3.8, 4) is 0 Å². The number of carbonyl (C=O) groups is 4. The molecule has 5 unspecified atom stereocenters. The quantitative estimate of drug-likeness (QED) is 0.311. The minimum atomic E-state index is -1.15. The fraction of sp³-hybridized carbons (Fsp3) is 0.800. The summed E-state index contributed by atoms with van der Waals surface area (Å²) in [6.07, 6.45) is 0.288. The summed E-state index contributed by atoms with van der Waals surface area (Å²) in [4.78, 5) is 50.9. The molecule has 6 N–H and O–H groups in total. The van der Waals surface area contributed by atoms with Crippen molar-refractivity contribution < 1.29 is 29.4 Å². The van der Waals surface area contributed by atoms with E-state index in [1.165, 1.54) is 11.8 Å². The van der Waals surface area contributed by atoms with E-state index in [4.69, 9.17) is 5.73 Å². The van der Waals surface area contributed by atoms with E-state index in [0.717, 1.165) is 0 Å². The van der Waals surface area contributed by atoms with E-state index < -0.39 is 54.0 Å². The minimum absolute atomic E-state index is 0.0633. The maximum atomic E-state index is 12.9. The molecule has 0 bridgehead atoms. The summed E-state index contributed by atoms with van der Waals surface area (Å²) in [5.41, 5.74) is 5.74. The summed E-state index contributed by atoms with van der Waals surface area (Å²) in [5.74, 6) is -2.99. The molecule has 1 aliphatic heterocycles. The number of aliphatic hydroxyl groups excluding tert-OH is 1. The first-order valence-corrected chi connectivity index (χ1v) is 10.4. The SMILES string of the molecule is CC(C)CC(NC(=O)C1CCCN1C(=O)C(N)C(C)O)C(=O)NC(C(=O)O)C(C)C. The van der Waals surface area contributed by atoms with Crippen LogP contribution in [0.15, 0.2) is 0 Å². The van der Waals surface area contributed by atoms with Crippen molar-refractivity contribution in [2.24, 2.45) is 17.6 Å². The molecule has 10 nitrogen and oxygen atoms in total. The molecule has 0 radical (unpaired) electrons. The first-order chi connectivity index (χ1) is 13.9. The van der Waals surface area contributed by atoms with Crippen LogP contribution in [0.3, 0.4) is 0 Å². The van der Waals surface area contributed by atoms with Crippen molar-refractivity contribution in [1.29, 1.82) is 0 Å². The van der Waals surface area contributed by atoms with Gasteiger partial charge in [0.05, 0.1) is 6.10 Å². The lowest BCUT2D eigenvalue weighted by Gasteiger charge is -2.30. The highest BCUT2D eigenvalue weighted by Crippen LogP contribution is 2.19. The van der Waals surface area contributed by atoms with E-state index in [2.05, 4.69) is 10.6 Å². The van der Waals surface area contributed by atoms with Gasteiger partial charge in [0, 0.05) is 6.54 Å². The zero-order valence-corrected chi connectivity index (χ0v) is 18.4. The fourth-order valence-electron chi connectivity index (χ4n) is 3.44. The van der Waals surface area contributed by atoms with Crippen LogP contribution in [-0.4, -0.2) is 75.6 Å². The third-order valence-electron chi connectivity index (χ3n) is 5.21. The molecule has 0 aromatic carbocycles. The Morgan fingerprint density at radius 2 is 1.70 bits per heavy atom. The smallest absolute Gasteiger partial charge is 0.326 e. The lowest BCUT2D eigenvalue weighted by molar-refractivity contribution is -0.144. The van der Waals surface area contributed by atoms with E-state index in [-0.39, 0.29) is 11.8 Å². The van der Waals surface area contributed by atoms with Crippen LogP contribution in [-0.2, 0) is 19.2 Å². The Morgan fingerprint density at radius 1 is 1.10 bits per heavy atom. The molecule has 0 saturated carbocycles. The van der Waals surface area contributed by atoms with Gasteiger partial charge in [-0.2, -0.15) is 0 Å². The van der Waals surface area contributed by atoms with Crippen LogP contribution in [0.4, 0.5) is 0 Å². The number of nitrogens with one attached hydrogen (secondary N) is 2. The predicted octanol–water partition coefficient (Wildman–Crippen LogP) is -0.558.